The van der Waals surface area contributed by atoms with Crippen molar-refractivity contribution in [2.75, 3.05) is 11.9 Å². The number of esters is 1. The summed E-state index contributed by atoms with van der Waals surface area (Å²) in [5.74, 6) is -2.67. The van der Waals surface area contributed by atoms with Crippen molar-refractivity contribution >= 4 is 29.3 Å². The molecular formula is C15H13ClF3N5O2. The molecule has 1 unspecified atom stereocenters. The Kier molecular flexibility index (Phi) is 4.53. The van der Waals surface area contributed by atoms with Crippen molar-refractivity contribution in [2.24, 2.45) is 5.73 Å². The van der Waals surface area contributed by atoms with Crippen LogP contribution in [0.5, 0.6) is 0 Å². The lowest BCUT2D eigenvalue weighted by molar-refractivity contribution is -0.144. The highest BCUT2D eigenvalue weighted by Crippen LogP contribution is 2.36. The molecule has 0 spiro atoms. The average molecular weight is 388 g/mol. The summed E-state index contributed by atoms with van der Waals surface area (Å²) in [5, 5.41) is 6.56. The first-order valence-corrected chi connectivity index (χ1v) is 7.83. The number of rotatable bonds is 3. The maximum atomic E-state index is 12.9. The number of nitrogens with two attached hydrogens (primary N) is 1. The molecule has 1 aromatic carbocycles. The topological polar surface area (TPSA) is 95.1 Å². The number of nitrogens with one attached hydrogen (secondary N) is 1. The Hall–Kier alpha value is -2.75. The lowest BCUT2D eigenvalue weighted by Gasteiger charge is -2.27. The maximum absolute atomic E-state index is 12.9. The third-order valence-electron chi connectivity index (χ3n) is 3.63. The molecule has 3 N–H and O–H groups in total. The molecule has 0 saturated carbocycles. The Morgan fingerprint density at radius 3 is 2.62 bits per heavy atom. The standard InChI is InChI=1S/C15H13ClF3N5O2/c1-2-26-12(25)9-10(7-3-5-8(16)6-4-7)21-14-22-13(15(17,18)19)23-24(14)11(9)20/h3-6,10H,2,20H2,1H3,(H,21,22,23). The minimum Gasteiger partial charge on any atom is -0.462 e. The number of aromatic nitrogens is 3. The maximum Gasteiger partial charge on any atom is 0.453 e. The van der Waals surface area contributed by atoms with Crippen molar-refractivity contribution in [2.45, 2.75) is 19.1 Å². The van der Waals surface area contributed by atoms with Crippen LogP contribution in [-0.2, 0) is 15.7 Å². The third kappa shape index (κ3) is 3.19. The summed E-state index contributed by atoms with van der Waals surface area (Å²) in [4.78, 5) is 15.8. The van der Waals surface area contributed by atoms with Crippen molar-refractivity contribution < 1.29 is 22.7 Å². The van der Waals surface area contributed by atoms with Gasteiger partial charge in [-0.15, -0.1) is 5.10 Å². The minimum absolute atomic E-state index is 0.0692. The number of ether oxygens (including phenoxy) is 1. The first-order chi connectivity index (χ1) is 12.2. The molecule has 1 aromatic heterocycles. The van der Waals surface area contributed by atoms with E-state index in [1.165, 1.54) is 0 Å². The van der Waals surface area contributed by atoms with E-state index < -0.39 is 24.0 Å². The molecule has 7 nitrogen and oxygen atoms in total. The van der Waals surface area contributed by atoms with E-state index >= 15 is 0 Å². The molecule has 26 heavy (non-hydrogen) atoms. The molecule has 3 rings (SSSR count). The van der Waals surface area contributed by atoms with Crippen LogP contribution in [0.2, 0.25) is 5.02 Å². The van der Waals surface area contributed by atoms with Crippen molar-refractivity contribution in [3.8, 4) is 0 Å². The zero-order valence-corrected chi connectivity index (χ0v) is 14.1. The monoisotopic (exact) mass is 387 g/mol. The van der Waals surface area contributed by atoms with Crippen LogP contribution in [0.1, 0.15) is 24.4 Å². The van der Waals surface area contributed by atoms with Crippen molar-refractivity contribution in [3.05, 3.63) is 46.2 Å². The number of halogens is 4. The molecule has 1 aliphatic rings. The SMILES string of the molecule is CCOC(=O)C1=C(N)n2nc(C(F)(F)F)nc2NC1c1ccc(Cl)cc1. The van der Waals surface area contributed by atoms with Gasteiger partial charge in [0.2, 0.25) is 5.95 Å². The van der Waals surface area contributed by atoms with Gasteiger partial charge in [0.1, 0.15) is 11.4 Å². The number of anilines is 1. The van der Waals surface area contributed by atoms with Gasteiger partial charge in [-0.1, -0.05) is 23.7 Å². The van der Waals surface area contributed by atoms with Gasteiger partial charge in [0.25, 0.3) is 5.82 Å². The second-order valence-electron chi connectivity index (χ2n) is 5.32. The highest BCUT2D eigenvalue weighted by atomic mass is 35.5. The molecule has 0 amide bonds. The molecule has 0 saturated heterocycles. The summed E-state index contributed by atoms with van der Waals surface area (Å²) in [7, 11) is 0. The van der Waals surface area contributed by atoms with Crippen LogP contribution in [0.15, 0.2) is 29.8 Å². The largest absolute Gasteiger partial charge is 0.462 e. The Labute approximate surface area is 150 Å². The summed E-state index contributed by atoms with van der Waals surface area (Å²) in [5.41, 5.74) is 6.42. The summed E-state index contributed by atoms with van der Waals surface area (Å²) >= 11 is 5.86. The van der Waals surface area contributed by atoms with Crippen LogP contribution < -0.4 is 11.1 Å². The fraction of sp³-hybridized carbons (Fsp3) is 0.267. The van der Waals surface area contributed by atoms with E-state index in [0.717, 1.165) is 4.68 Å². The van der Waals surface area contributed by atoms with Gasteiger partial charge >= 0.3 is 12.1 Å². The summed E-state index contributed by atoms with van der Waals surface area (Å²) in [6, 6.07) is 5.52. The second kappa shape index (κ2) is 6.52. The number of hydrogen-bond acceptors (Lipinski definition) is 6. The number of alkyl halides is 3. The molecule has 11 heteroatoms. The fourth-order valence-electron chi connectivity index (χ4n) is 2.49. The highest BCUT2D eigenvalue weighted by Gasteiger charge is 2.41. The Morgan fingerprint density at radius 1 is 1.38 bits per heavy atom. The van der Waals surface area contributed by atoms with Crippen LogP contribution in [0.4, 0.5) is 19.1 Å². The van der Waals surface area contributed by atoms with Gasteiger partial charge in [-0.25, -0.2) is 4.79 Å². The lowest BCUT2D eigenvalue weighted by Crippen LogP contribution is -2.32. The van der Waals surface area contributed by atoms with Gasteiger partial charge in [-0.2, -0.15) is 22.8 Å². The lowest BCUT2D eigenvalue weighted by atomic mass is 9.97. The molecule has 1 atom stereocenters. The molecular weight excluding hydrogens is 375 g/mol. The molecule has 0 radical (unpaired) electrons. The Balaban J connectivity index is 2.13. The summed E-state index contributed by atoms with van der Waals surface area (Å²) in [6.07, 6.45) is -4.76. The van der Waals surface area contributed by atoms with Crippen molar-refractivity contribution in [1.29, 1.82) is 0 Å². The summed E-state index contributed by atoms with van der Waals surface area (Å²) < 4.78 is 44.5. The van der Waals surface area contributed by atoms with E-state index in [1.54, 1.807) is 31.2 Å². The predicted octanol–water partition coefficient (Wildman–Crippen LogP) is 2.81. The number of carbonyl (C=O) groups excluding carboxylic acids is 1. The smallest absolute Gasteiger partial charge is 0.453 e. The Morgan fingerprint density at radius 2 is 2.04 bits per heavy atom. The molecule has 0 bridgehead atoms. The van der Waals surface area contributed by atoms with E-state index in [0.29, 0.717) is 10.6 Å². The number of nitrogens with zero attached hydrogens (tertiary/aromatic N) is 3. The first-order valence-electron chi connectivity index (χ1n) is 7.45. The van der Waals surface area contributed by atoms with E-state index in [-0.39, 0.29) is 23.9 Å². The second-order valence-corrected chi connectivity index (χ2v) is 5.75. The number of fused-ring (bicyclic) bond motifs is 1. The van der Waals surface area contributed by atoms with Crippen LogP contribution in [0.3, 0.4) is 0 Å². The highest BCUT2D eigenvalue weighted by molar-refractivity contribution is 6.30. The first kappa shape index (κ1) is 18.1. The molecule has 0 fully saturated rings. The van der Waals surface area contributed by atoms with E-state index in [2.05, 4.69) is 15.4 Å². The van der Waals surface area contributed by atoms with Gasteiger partial charge < -0.3 is 15.8 Å². The van der Waals surface area contributed by atoms with Crippen LogP contribution in [0, 0.1) is 0 Å². The summed E-state index contributed by atoms with van der Waals surface area (Å²) in [6.45, 7) is 1.67. The zero-order valence-electron chi connectivity index (χ0n) is 13.3. The van der Waals surface area contributed by atoms with E-state index in [1.807, 2.05) is 0 Å². The number of carbonyl (C=O) groups is 1. The quantitative estimate of drug-likeness (QED) is 0.786. The van der Waals surface area contributed by atoms with Gasteiger partial charge in [0, 0.05) is 5.02 Å². The van der Waals surface area contributed by atoms with Crippen molar-refractivity contribution in [3.63, 3.8) is 0 Å². The van der Waals surface area contributed by atoms with E-state index in [4.69, 9.17) is 22.1 Å². The molecule has 0 aliphatic carbocycles. The van der Waals surface area contributed by atoms with Crippen LogP contribution >= 0.6 is 11.6 Å². The molecule has 1 aliphatic heterocycles. The van der Waals surface area contributed by atoms with E-state index in [9.17, 15) is 18.0 Å². The third-order valence-corrected chi connectivity index (χ3v) is 3.88. The fourth-order valence-corrected chi connectivity index (χ4v) is 2.62. The molecule has 2 heterocycles. The van der Waals surface area contributed by atoms with Gasteiger partial charge in [0.05, 0.1) is 12.6 Å². The zero-order chi connectivity index (χ0) is 19.1. The van der Waals surface area contributed by atoms with Crippen LogP contribution in [-0.4, -0.2) is 27.3 Å². The predicted molar refractivity (Wildman–Crippen MR) is 86.9 cm³/mol. The van der Waals surface area contributed by atoms with Gasteiger partial charge in [-0.05, 0) is 24.6 Å². The van der Waals surface area contributed by atoms with Crippen LogP contribution in [0.25, 0.3) is 5.82 Å². The average Bonchev–Trinajstić information content (AvgIpc) is 3.00. The van der Waals surface area contributed by atoms with Gasteiger partial charge in [0.15, 0.2) is 0 Å². The Bertz CT molecular complexity index is 876. The van der Waals surface area contributed by atoms with Gasteiger partial charge in [-0.3, -0.25) is 0 Å². The minimum atomic E-state index is -4.76. The number of hydrogen-bond donors (Lipinski definition) is 2. The molecule has 138 valence electrons. The normalized spacial score (nSPS) is 16.9. The number of benzene rings is 1. The van der Waals surface area contributed by atoms with Crippen molar-refractivity contribution in [1.82, 2.24) is 14.8 Å². The molecule has 2 aromatic rings.